The average Bonchev–Trinajstić information content (AvgIpc) is 2.93. The second-order valence-corrected chi connectivity index (χ2v) is 7.37. The Hall–Kier alpha value is -0.940. The molecule has 1 aliphatic heterocycles. The van der Waals surface area contributed by atoms with Crippen molar-refractivity contribution in [2.24, 2.45) is 0 Å². The van der Waals surface area contributed by atoms with Crippen LogP contribution in [0.2, 0.25) is 5.02 Å². The minimum Gasteiger partial charge on any atom is -0.385 e. The van der Waals surface area contributed by atoms with Crippen molar-refractivity contribution in [3.63, 3.8) is 0 Å². The maximum absolute atomic E-state index is 10.9. The van der Waals surface area contributed by atoms with Crippen molar-refractivity contribution in [3.8, 4) is 0 Å². The van der Waals surface area contributed by atoms with Gasteiger partial charge in [-0.15, -0.1) is 11.3 Å². The molecule has 1 N–H and O–H groups in total. The van der Waals surface area contributed by atoms with E-state index in [1.807, 2.05) is 29.8 Å². The number of aryl methyl sites for hydroxylation is 1. The zero-order valence-electron chi connectivity index (χ0n) is 12.8. The van der Waals surface area contributed by atoms with E-state index >= 15 is 0 Å². The normalized spacial score (nSPS) is 18.5. The molecule has 2 aromatic rings. The predicted octanol–water partition coefficient (Wildman–Crippen LogP) is 3.63. The summed E-state index contributed by atoms with van der Waals surface area (Å²) in [5.74, 6) is 0. The number of halogens is 1. The van der Waals surface area contributed by atoms with Crippen LogP contribution in [0.4, 0.5) is 0 Å². The highest BCUT2D eigenvalue weighted by Crippen LogP contribution is 2.33. The molecule has 0 aliphatic carbocycles. The van der Waals surface area contributed by atoms with Gasteiger partial charge in [0.15, 0.2) is 0 Å². The molecule has 1 fully saturated rings. The fourth-order valence-electron chi connectivity index (χ4n) is 3.02. The number of thiazole rings is 1. The summed E-state index contributed by atoms with van der Waals surface area (Å²) >= 11 is 7.66. The van der Waals surface area contributed by atoms with Crippen LogP contribution in [0.25, 0.3) is 0 Å². The van der Waals surface area contributed by atoms with E-state index in [2.05, 4.69) is 16.8 Å². The highest BCUT2D eigenvalue weighted by molar-refractivity contribution is 7.09. The van der Waals surface area contributed by atoms with Crippen LogP contribution in [0, 0.1) is 6.92 Å². The molecule has 1 aromatic carbocycles. The third-order valence-corrected chi connectivity index (χ3v) is 5.81. The van der Waals surface area contributed by atoms with Crippen LogP contribution < -0.4 is 0 Å². The van der Waals surface area contributed by atoms with Gasteiger partial charge in [-0.25, -0.2) is 4.98 Å². The molecule has 0 spiro atoms. The first-order valence-corrected chi connectivity index (χ1v) is 8.92. The highest BCUT2D eigenvalue weighted by atomic mass is 35.5. The first-order valence-electron chi connectivity index (χ1n) is 7.66. The summed E-state index contributed by atoms with van der Waals surface area (Å²) < 4.78 is 0. The first kappa shape index (κ1) is 15.9. The summed E-state index contributed by atoms with van der Waals surface area (Å²) in [6.45, 7) is 4.97. The van der Waals surface area contributed by atoms with Crippen molar-refractivity contribution in [1.29, 1.82) is 0 Å². The van der Waals surface area contributed by atoms with E-state index in [-0.39, 0.29) is 0 Å². The molecule has 2 heterocycles. The molecule has 118 valence electrons. The van der Waals surface area contributed by atoms with Crippen molar-refractivity contribution in [2.75, 3.05) is 19.6 Å². The Morgan fingerprint density at radius 2 is 1.95 bits per heavy atom. The molecule has 22 heavy (non-hydrogen) atoms. The molecular formula is C17H21ClN2OS. The largest absolute Gasteiger partial charge is 0.385 e. The molecular weight excluding hydrogens is 316 g/mol. The molecule has 0 atom stereocenters. The number of piperidine rings is 1. The third-order valence-electron chi connectivity index (χ3n) is 4.56. The first-order chi connectivity index (χ1) is 10.6. The molecule has 5 heteroatoms. The van der Waals surface area contributed by atoms with E-state index in [1.165, 1.54) is 4.88 Å². The van der Waals surface area contributed by atoms with Crippen LogP contribution in [0.5, 0.6) is 0 Å². The lowest BCUT2D eigenvalue weighted by Crippen LogP contribution is -2.43. The minimum absolute atomic E-state index is 0.707. The van der Waals surface area contributed by atoms with Gasteiger partial charge in [-0.05, 0) is 43.9 Å². The number of nitrogens with zero attached hydrogens (tertiary/aromatic N) is 2. The summed E-state index contributed by atoms with van der Waals surface area (Å²) in [5, 5.41) is 11.6. The van der Waals surface area contributed by atoms with Gasteiger partial charge in [-0.2, -0.15) is 0 Å². The Morgan fingerprint density at radius 3 is 2.55 bits per heavy atom. The van der Waals surface area contributed by atoms with Crippen molar-refractivity contribution < 1.29 is 5.11 Å². The predicted molar refractivity (Wildman–Crippen MR) is 91.6 cm³/mol. The van der Waals surface area contributed by atoms with E-state index in [1.54, 1.807) is 11.3 Å². The van der Waals surface area contributed by atoms with Gasteiger partial charge in [0.25, 0.3) is 0 Å². The Labute approximate surface area is 140 Å². The van der Waals surface area contributed by atoms with Gasteiger partial charge in [0.2, 0.25) is 0 Å². The lowest BCUT2D eigenvalue weighted by Gasteiger charge is -2.38. The third kappa shape index (κ3) is 3.51. The van der Waals surface area contributed by atoms with Crippen LogP contribution in [-0.2, 0) is 12.0 Å². The standard InChI is InChI=1S/C17H21ClN2OS/c1-13-16(22-12-19-13)6-9-20-10-7-17(21,8-11-20)14-2-4-15(18)5-3-14/h2-5,12,21H,6-11H2,1H3. The van der Waals surface area contributed by atoms with E-state index in [4.69, 9.17) is 11.6 Å². The van der Waals surface area contributed by atoms with E-state index in [9.17, 15) is 5.11 Å². The summed E-state index contributed by atoms with van der Waals surface area (Å²) in [7, 11) is 0. The lowest BCUT2D eigenvalue weighted by molar-refractivity contribution is -0.0255. The molecule has 0 saturated carbocycles. The van der Waals surface area contributed by atoms with Crippen LogP contribution in [0.15, 0.2) is 29.8 Å². The number of likely N-dealkylation sites (tertiary alicyclic amines) is 1. The van der Waals surface area contributed by atoms with Gasteiger partial charge in [-0.3, -0.25) is 0 Å². The van der Waals surface area contributed by atoms with Crippen molar-refractivity contribution in [2.45, 2.75) is 31.8 Å². The molecule has 1 saturated heterocycles. The zero-order valence-corrected chi connectivity index (χ0v) is 14.3. The molecule has 1 aliphatic rings. The van der Waals surface area contributed by atoms with E-state index in [0.717, 1.165) is 50.2 Å². The van der Waals surface area contributed by atoms with E-state index in [0.29, 0.717) is 5.02 Å². The van der Waals surface area contributed by atoms with Gasteiger partial charge in [0.1, 0.15) is 0 Å². The fraction of sp³-hybridized carbons (Fsp3) is 0.471. The number of aromatic nitrogens is 1. The smallest absolute Gasteiger partial charge is 0.0920 e. The molecule has 0 unspecified atom stereocenters. The molecule has 0 bridgehead atoms. The Balaban J connectivity index is 1.55. The summed E-state index contributed by atoms with van der Waals surface area (Å²) in [4.78, 5) is 8.11. The maximum Gasteiger partial charge on any atom is 0.0920 e. The lowest BCUT2D eigenvalue weighted by atomic mass is 9.84. The van der Waals surface area contributed by atoms with Gasteiger partial charge in [0, 0.05) is 29.5 Å². The SMILES string of the molecule is Cc1ncsc1CCN1CCC(O)(c2ccc(Cl)cc2)CC1. The summed E-state index contributed by atoms with van der Waals surface area (Å²) in [5.41, 5.74) is 3.34. The van der Waals surface area contributed by atoms with Crippen LogP contribution in [0.3, 0.4) is 0 Å². The maximum atomic E-state index is 10.9. The van der Waals surface area contributed by atoms with Crippen molar-refractivity contribution >= 4 is 22.9 Å². The van der Waals surface area contributed by atoms with E-state index < -0.39 is 5.60 Å². The van der Waals surface area contributed by atoms with Gasteiger partial charge in [-0.1, -0.05) is 23.7 Å². The summed E-state index contributed by atoms with van der Waals surface area (Å²) in [6, 6.07) is 7.60. The fourth-order valence-corrected chi connectivity index (χ4v) is 3.92. The topological polar surface area (TPSA) is 36.4 Å². The quantitative estimate of drug-likeness (QED) is 0.926. The van der Waals surface area contributed by atoms with Gasteiger partial charge >= 0.3 is 0 Å². The number of aliphatic hydroxyl groups is 1. The summed E-state index contributed by atoms with van der Waals surface area (Å²) in [6.07, 6.45) is 2.60. The van der Waals surface area contributed by atoms with Crippen LogP contribution in [-0.4, -0.2) is 34.6 Å². The van der Waals surface area contributed by atoms with Crippen LogP contribution in [0.1, 0.15) is 29.0 Å². The average molecular weight is 337 g/mol. The number of rotatable bonds is 4. The van der Waals surface area contributed by atoms with Crippen molar-refractivity contribution in [1.82, 2.24) is 9.88 Å². The Kier molecular flexibility index (Phi) is 4.83. The number of benzene rings is 1. The second-order valence-electron chi connectivity index (χ2n) is 5.99. The number of hydrogen-bond donors (Lipinski definition) is 1. The molecule has 0 radical (unpaired) electrons. The minimum atomic E-state index is -0.707. The van der Waals surface area contributed by atoms with Crippen molar-refractivity contribution in [3.05, 3.63) is 50.9 Å². The van der Waals surface area contributed by atoms with Gasteiger partial charge < -0.3 is 10.0 Å². The monoisotopic (exact) mass is 336 g/mol. The molecule has 0 amide bonds. The highest BCUT2D eigenvalue weighted by Gasteiger charge is 2.33. The number of hydrogen-bond acceptors (Lipinski definition) is 4. The second kappa shape index (κ2) is 6.67. The molecule has 1 aromatic heterocycles. The van der Waals surface area contributed by atoms with Crippen LogP contribution >= 0.6 is 22.9 Å². The molecule has 3 nitrogen and oxygen atoms in total. The zero-order chi connectivity index (χ0) is 15.6. The van der Waals surface area contributed by atoms with Gasteiger partial charge in [0.05, 0.1) is 16.8 Å². The molecule has 3 rings (SSSR count). The Bertz CT molecular complexity index is 618. The Morgan fingerprint density at radius 1 is 1.27 bits per heavy atom.